The van der Waals surface area contributed by atoms with Crippen molar-refractivity contribution in [2.75, 3.05) is 52.6 Å². The van der Waals surface area contributed by atoms with Gasteiger partial charge in [-0.25, -0.2) is 0 Å². The third-order valence-electron chi connectivity index (χ3n) is 9.13. The summed E-state index contributed by atoms with van der Waals surface area (Å²) in [4.78, 5) is 45.3. The lowest BCUT2D eigenvalue weighted by Crippen LogP contribution is -2.46. The fourth-order valence-corrected chi connectivity index (χ4v) is 6.61. The first-order chi connectivity index (χ1) is 20.1. The topological polar surface area (TPSA) is 146 Å². The standard InChI is InChI=1S/C31H48N4O7/c1-4-5-11-33(12-7-6-10-32)26(37)18-35-17-23(21-15-22(19-36)28-25(16-21)41-20-42-28)27(29(38)39)24(35)8-13-34-14-9-31(2,3)30(34)40/h15-16,23-24,27,36H,4-14,17-20,32H2,1-3H3,(H,38,39)/t23-,24+,27-/m1/s1. The number of rotatable bonds is 15. The Morgan fingerprint density at radius 3 is 2.57 bits per heavy atom. The molecular formula is C31H48N4O7. The van der Waals surface area contributed by atoms with Crippen LogP contribution < -0.4 is 15.2 Å². The number of aliphatic hydroxyl groups excluding tert-OH is 1. The van der Waals surface area contributed by atoms with Gasteiger partial charge in [-0.15, -0.1) is 0 Å². The van der Waals surface area contributed by atoms with E-state index in [2.05, 4.69) is 6.92 Å². The van der Waals surface area contributed by atoms with E-state index in [0.717, 1.165) is 37.7 Å². The van der Waals surface area contributed by atoms with Gasteiger partial charge in [-0.05, 0) is 56.3 Å². The number of aliphatic carboxylic acids is 1. The Morgan fingerprint density at radius 1 is 1.17 bits per heavy atom. The highest BCUT2D eigenvalue weighted by molar-refractivity contribution is 5.84. The van der Waals surface area contributed by atoms with E-state index in [-0.39, 0.29) is 31.8 Å². The number of unbranched alkanes of at least 4 members (excludes halogenated alkanes) is 2. The van der Waals surface area contributed by atoms with Crippen molar-refractivity contribution in [3.05, 3.63) is 23.3 Å². The Kier molecular flexibility index (Phi) is 10.7. The lowest BCUT2D eigenvalue weighted by atomic mass is 9.83. The number of benzene rings is 1. The molecule has 0 bridgehead atoms. The van der Waals surface area contributed by atoms with Crippen molar-refractivity contribution < 1.29 is 34.1 Å². The second-order valence-corrected chi connectivity index (χ2v) is 12.5. The van der Waals surface area contributed by atoms with Crippen molar-refractivity contribution in [1.82, 2.24) is 14.7 Å². The molecule has 0 aromatic heterocycles. The predicted molar refractivity (Wildman–Crippen MR) is 157 cm³/mol. The number of carbonyl (C=O) groups excluding carboxylic acids is 2. The molecule has 42 heavy (non-hydrogen) atoms. The maximum Gasteiger partial charge on any atom is 0.308 e. The predicted octanol–water partition coefficient (Wildman–Crippen LogP) is 2.39. The molecule has 11 heteroatoms. The highest BCUT2D eigenvalue weighted by atomic mass is 16.7. The minimum Gasteiger partial charge on any atom is -0.481 e. The molecule has 4 rings (SSSR count). The first-order valence-electron chi connectivity index (χ1n) is 15.4. The highest BCUT2D eigenvalue weighted by Crippen LogP contribution is 2.45. The monoisotopic (exact) mass is 588 g/mol. The van der Waals surface area contributed by atoms with E-state index in [0.29, 0.717) is 62.8 Å². The van der Waals surface area contributed by atoms with E-state index in [1.807, 2.05) is 28.5 Å². The highest BCUT2D eigenvalue weighted by Gasteiger charge is 2.48. The third kappa shape index (κ3) is 7.01. The largest absolute Gasteiger partial charge is 0.481 e. The minimum atomic E-state index is -0.943. The number of aliphatic hydroxyl groups is 1. The van der Waals surface area contributed by atoms with Gasteiger partial charge in [0.1, 0.15) is 0 Å². The lowest BCUT2D eigenvalue weighted by molar-refractivity contribution is -0.144. The zero-order chi connectivity index (χ0) is 30.4. The summed E-state index contributed by atoms with van der Waals surface area (Å²) in [5, 5.41) is 20.6. The van der Waals surface area contributed by atoms with Gasteiger partial charge >= 0.3 is 5.97 Å². The molecule has 0 radical (unpaired) electrons. The summed E-state index contributed by atoms with van der Waals surface area (Å²) in [5.41, 5.74) is 6.56. The fraction of sp³-hybridized carbons (Fsp3) is 0.710. The van der Waals surface area contributed by atoms with E-state index in [1.165, 1.54) is 0 Å². The Labute approximate surface area is 248 Å². The molecule has 2 amide bonds. The molecule has 2 fully saturated rings. The lowest BCUT2D eigenvalue weighted by Gasteiger charge is -2.31. The number of nitrogens with two attached hydrogens (primary N) is 1. The van der Waals surface area contributed by atoms with E-state index in [1.54, 1.807) is 12.1 Å². The number of hydrogen-bond donors (Lipinski definition) is 3. The zero-order valence-corrected chi connectivity index (χ0v) is 25.3. The smallest absolute Gasteiger partial charge is 0.308 e. The Hall–Kier alpha value is -2.89. The summed E-state index contributed by atoms with van der Waals surface area (Å²) in [5.74, 6) is -1.15. The molecule has 3 aliphatic rings. The number of amides is 2. The number of carbonyl (C=O) groups is 3. The fourth-order valence-electron chi connectivity index (χ4n) is 6.61. The van der Waals surface area contributed by atoms with E-state index in [9.17, 15) is 24.6 Å². The van der Waals surface area contributed by atoms with E-state index < -0.39 is 29.3 Å². The van der Waals surface area contributed by atoms with Crippen molar-refractivity contribution >= 4 is 17.8 Å². The van der Waals surface area contributed by atoms with Crippen LogP contribution >= 0.6 is 0 Å². The van der Waals surface area contributed by atoms with Gasteiger partial charge in [-0.2, -0.15) is 0 Å². The van der Waals surface area contributed by atoms with Gasteiger partial charge in [0.05, 0.1) is 19.1 Å². The van der Waals surface area contributed by atoms with Crippen LogP contribution in [0.2, 0.25) is 0 Å². The molecule has 0 saturated carbocycles. The molecule has 3 aliphatic heterocycles. The molecule has 1 aromatic carbocycles. The summed E-state index contributed by atoms with van der Waals surface area (Å²) < 4.78 is 11.1. The molecule has 11 nitrogen and oxygen atoms in total. The van der Waals surface area contributed by atoms with Crippen LogP contribution in [0.3, 0.4) is 0 Å². The normalized spacial score (nSPS) is 23.1. The number of ether oxygens (including phenoxy) is 2. The molecule has 3 heterocycles. The van der Waals surface area contributed by atoms with Gasteiger partial charge in [-0.1, -0.05) is 27.2 Å². The average Bonchev–Trinajstić information content (AvgIpc) is 3.65. The van der Waals surface area contributed by atoms with Gasteiger partial charge in [0.2, 0.25) is 18.6 Å². The molecule has 3 atom stereocenters. The SMILES string of the molecule is CCCCN(CCCCN)C(=O)CN1C[C@H](c2cc(CO)c3c(c2)OCO3)[C@@H](C(=O)O)[C@@H]1CCN1CCC(C)(C)C1=O. The molecular weight excluding hydrogens is 540 g/mol. The molecule has 4 N–H and O–H groups in total. The number of fused-ring (bicyclic) bond motifs is 1. The van der Waals surface area contributed by atoms with E-state index >= 15 is 0 Å². The van der Waals surface area contributed by atoms with Gasteiger partial charge < -0.3 is 35.2 Å². The van der Waals surface area contributed by atoms with Crippen molar-refractivity contribution in [3.8, 4) is 11.5 Å². The zero-order valence-electron chi connectivity index (χ0n) is 25.3. The van der Waals surface area contributed by atoms with Crippen molar-refractivity contribution in [1.29, 1.82) is 0 Å². The Bertz CT molecular complexity index is 1130. The summed E-state index contributed by atoms with van der Waals surface area (Å²) in [6.45, 7) is 9.16. The number of nitrogens with zero attached hydrogens (tertiary/aromatic N) is 3. The third-order valence-corrected chi connectivity index (χ3v) is 9.13. The van der Waals surface area contributed by atoms with Crippen LogP contribution in [-0.2, 0) is 21.0 Å². The molecule has 0 unspecified atom stereocenters. The van der Waals surface area contributed by atoms with Crippen LogP contribution in [0.4, 0.5) is 0 Å². The van der Waals surface area contributed by atoms with Crippen molar-refractivity contribution in [3.63, 3.8) is 0 Å². The Balaban J connectivity index is 1.62. The van der Waals surface area contributed by atoms with Crippen LogP contribution in [0.25, 0.3) is 0 Å². The van der Waals surface area contributed by atoms with Crippen molar-refractivity contribution in [2.45, 2.75) is 77.9 Å². The number of likely N-dealkylation sites (tertiary alicyclic amines) is 2. The summed E-state index contributed by atoms with van der Waals surface area (Å²) in [6, 6.07) is 3.15. The van der Waals surface area contributed by atoms with Crippen LogP contribution in [0.1, 0.15) is 76.3 Å². The van der Waals surface area contributed by atoms with Crippen LogP contribution in [0, 0.1) is 11.3 Å². The molecule has 0 aliphatic carbocycles. The maximum atomic E-state index is 13.7. The van der Waals surface area contributed by atoms with Gasteiger partial charge in [0.15, 0.2) is 11.5 Å². The number of carboxylic acids is 1. The second-order valence-electron chi connectivity index (χ2n) is 12.5. The van der Waals surface area contributed by atoms with Gasteiger partial charge in [-0.3, -0.25) is 19.3 Å². The van der Waals surface area contributed by atoms with Crippen LogP contribution in [-0.4, -0.2) is 101 Å². The number of hydrogen-bond acceptors (Lipinski definition) is 8. The summed E-state index contributed by atoms with van der Waals surface area (Å²) in [7, 11) is 0. The van der Waals surface area contributed by atoms with Crippen molar-refractivity contribution in [2.24, 2.45) is 17.1 Å². The van der Waals surface area contributed by atoms with Crippen LogP contribution in [0.5, 0.6) is 11.5 Å². The first-order valence-corrected chi connectivity index (χ1v) is 15.4. The van der Waals surface area contributed by atoms with Gasteiger partial charge in [0.25, 0.3) is 0 Å². The average molecular weight is 589 g/mol. The molecule has 0 spiro atoms. The van der Waals surface area contributed by atoms with Crippen LogP contribution in [0.15, 0.2) is 12.1 Å². The second kappa shape index (κ2) is 14.1. The maximum absolute atomic E-state index is 13.7. The quantitative estimate of drug-likeness (QED) is 0.263. The minimum absolute atomic E-state index is 0.0182. The number of carboxylic acid groups (broad SMARTS) is 1. The summed E-state index contributed by atoms with van der Waals surface area (Å²) >= 11 is 0. The van der Waals surface area contributed by atoms with E-state index in [4.69, 9.17) is 15.2 Å². The van der Waals surface area contributed by atoms with Gasteiger partial charge in [0, 0.05) is 55.7 Å². The molecule has 2 saturated heterocycles. The summed E-state index contributed by atoms with van der Waals surface area (Å²) in [6.07, 6.45) is 4.73. The molecule has 234 valence electrons. The molecule has 1 aromatic rings. The first kappa shape index (κ1) is 32.0. The Morgan fingerprint density at radius 2 is 1.93 bits per heavy atom.